The largest absolute Gasteiger partial charge is 0.490 e. The van der Waals surface area contributed by atoms with E-state index in [1.54, 1.807) is 24.3 Å². The van der Waals surface area contributed by atoms with Gasteiger partial charge in [0.1, 0.15) is 5.75 Å². The van der Waals surface area contributed by atoms with Crippen molar-refractivity contribution in [3.8, 4) is 17.2 Å². The number of carboxylic acids is 1. The van der Waals surface area contributed by atoms with Gasteiger partial charge in [-0.3, -0.25) is 0 Å². The number of hydrogen-bond acceptors (Lipinski definition) is 3. The fourth-order valence-corrected chi connectivity index (χ4v) is 1.75. The predicted molar refractivity (Wildman–Crippen MR) is 80.8 cm³/mol. The third-order valence-electron chi connectivity index (χ3n) is 2.68. The summed E-state index contributed by atoms with van der Waals surface area (Å²) >= 11 is 0. The second kappa shape index (κ2) is 7.14. The summed E-state index contributed by atoms with van der Waals surface area (Å²) in [4.78, 5) is 10.5. The maximum absolute atomic E-state index is 10.5. The van der Waals surface area contributed by atoms with Gasteiger partial charge in [-0.1, -0.05) is 24.3 Å². The van der Waals surface area contributed by atoms with E-state index in [2.05, 4.69) is 0 Å². The monoisotopic (exact) mass is 284 g/mol. The average Bonchev–Trinajstić information content (AvgIpc) is 2.49. The van der Waals surface area contributed by atoms with Crippen molar-refractivity contribution in [3.05, 3.63) is 60.2 Å². The summed E-state index contributed by atoms with van der Waals surface area (Å²) in [5.41, 5.74) is 0.794. The number of hydrogen-bond donors (Lipinski definition) is 1. The Hall–Kier alpha value is -2.75. The standard InChI is InChI=1S/C17H16O4/c1-2-20-15-5-3-4-6-16(15)21-14-10-7-13(8-11-14)9-12-17(18)19/h3-12H,2H2,1H3,(H,18,19). The topological polar surface area (TPSA) is 55.8 Å². The zero-order chi connectivity index (χ0) is 15.1. The molecule has 0 saturated carbocycles. The van der Waals surface area contributed by atoms with Crippen LogP contribution in [0.25, 0.3) is 6.08 Å². The molecule has 4 heteroatoms. The molecular weight excluding hydrogens is 268 g/mol. The third-order valence-corrected chi connectivity index (χ3v) is 2.68. The van der Waals surface area contributed by atoms with E-state index in [0.29, 0.717) is 23.9 Å². The van der Waals surface area contributed by atoms with Crippen molar-refractivity contribution in [2.75, 3.05) is 6.61 Å². The lowest BCUT2D eigenvalue weighted by Crippen LogP contribution is -1.94. The van der Waals surface area contributed by atoms with Crippen molar-refractivity contribution in [3.63, 3.8) is 0 Å². The Morgan fingerprint density at radius 1 is 1.10 bits per heavy atom. The quantitative estimate of drug-likeness (QED) is 0.815. The first-order chi connectivity index (χ1) is 10.2. The molecule has 0 aliphatic rings. The highest BCUT2D eigenvalue weighted by Crippen LogP contribution is 2.31. The Morgan fingerprint density at radius 3 is 2.38 bits per heavy atom. The van der Waals surface area contributed by atoms with Gasteiger partial charge in [0.05, 0.1) is 6.61 Å². The molecule has 21 heavy (non-hydrogen) atoms. The van der Waals surface area contributed by atoms with Crippen LogP contribution in [0.5, 0.6) is 17.2 Å². The van der Waals surface area contributed by atoms with E-state index >= 15 is 0 Å². The predicted octanol–water partition coefficient (Wildman–Crippen LogP) is 3.98. The van der Waals surface area contributed by atoms with E-state index in [-0.39, 0.29) is 0 Å². The number of carboxylic acid groups (broad SMARTS) is 1. The molecule has 0 aromatic heterocycles. The number of carbonyl (C=O) groups is 1. The maximum Gasteiger partial charge on any atom is 0.328 e. The van der Waals surface area contributed by atoms with Crippen molar-refractivity contribution < 1.29 is 19.4 Å². The van der Waals surface area contributed by atoms with Gasteiger partial charge in [-0.15, -0.1) is 0 Å². The van der Waals surface area contributed by atoms with E-state index in [9.17, 15) is 4.79 Å². The van der Waals surface area contributed by atoms with Crippen molar-refractivity contribution in [1.29, 1.82) is 0 Å². The van der Waals surface area contributed by atoms with E-state index in [0.717, 1.165) is 11.6 Å². The van der Waals surface area contributed by atoms with Crippen LogP contribution >= 0.6 is 0 Å². The number of ether oxygens (including phenoxy) is 2. The lowest BCUT2D eigenvalue weighted by molar-refractivity contribution is -0.131. The number of aliphatic carboxylic acids is 1. The van der Waals surface area contributed by atoms with Crippen LogP contribution in [0.1, 0.15) is 12.5 Å². The molecule has 108 valence electrons. The van der Waals surface area contributed by atoms with Gasteiger partial charge in [-0.25, -0.2) is 4.79 Å². The lowest BCUT2D eigenvalue weighted by Gasteiger charge is -2.11. The molecule has 0 fully saturated rings. The first-order valence-corrected chi connectivity index (χ1v) is 6.60. The fourth-order valence-electron chi connectivity index (χ4n) is 1.75. The van der Waals surface area contributed by atoms with Crippen molar-refractivity contribution >= 4 is 12.0 Å². The van der Waals surface area contributed by atoms with Crippen LogP contribution in [-0.2, 0) is 4.79 Å². The van der Waals surface area contributed by atoms with Crippen LogP contribution in [0.3, 0.4) is 0 Å². The summed E-state index contributed by atoms with van der Waals surface area (Å²) < 4.78 is 11.3. The molecule has 2 aromatic rings. The van der Waals surface area contributed by atoms with Crippen LogP contribution < -0.4 is 9.47 Å². The Kier molecular flexibility index (Phi) is 4.99. The van der Waals surface area contributed by atoms with Gasteiger partial charge < -0.3 is 14.6 Å². The minimum atomic E-state index is -0.971. The Balaban J connectivity index is 2.12. The summed E-state index contributed by atoms with van der Waals surface area (Å²) in [6.45, 7) is 2.49. The molecule has 0 heterocycles. The molecule has 0 aliphatic heterocycles. The minimum absolute atomic E-state index is 0.569. The van der Waals surface area contributed by atoms with Gasteiger partial charge in [0.15, 0.2) is 11.5 Å². The van der Waals surface area contributed by atoms with Crippen molar-refractivity contribution in [2.24, 2.45) is 0 Å². The van der Waals surface area contributed by atoms with E-state index in [4.69, 9.17) is 14.6 Å². The molecule has 0 radical (unpaired) electrons. The maximum atomic E-state index is 10.5. The Labute approximate surface area is 123 Å². The molecular formula is C17H16O4. The normalized spacial score (nSPS) is 10.5. The zero-order valence-corrected chi connectivity index (χ0v) is 11.7. The lowest BCUT2D eigenvalue weighted by atomic mass is 10.2. The molecule has 4 nitrogen and oxygen atoms in total. The van der Waals surface area contributed by atoms with E-state index in [1.807, 2.05) is 31.2 Å². The average molecular weight is 284 g/mol. The zero-order valence-electron chi connectivity index (χ0n) is 11.7. The van der Waals surface area contributed by atoms with E-state index < -0.39 is 5.97 Å². The fraction of sp³-hybridized carbons (Fsp3) is 0.118. The summed E-state index contributed by atoms with van der Waals surface area (Å²) in [5, 5.41) is 8.58. The second-order valence-corrected chi connectivity index (χ2v) is 4.22. The van der Waals surface area contributed by atoms with Crippen LogP contribution in [0.2, 0.25) is 0 Å². The minimum Gasteiger partial charge on any atom is -0.490 e. The smallest absolute Gasteiger partial charge is 0.328 e. The second-order valence-electron chi connectivity index (χ2n) is 4.22. The van der Waals surface area contributed by atoms with Crippen LogP contribution in [0.4, 0.5) is 0 Å². The first-order valence-electron chi connectivity index (χ1n) is 6.60. The SMILES string of the molecule is CCOc1ccccc1Oc1ccc(C=CC(=O)O)cc1. The highest BCUT2D eigenvalue weighted by atomic mass is 16.5. The molecule has 0 bridgehead atoms. The molecule has 0 spiro atoms. The molecule has 2 rings (SSSR count). The van der Waals surface area contributed by atoms with Gasteiger partial charge in [0, 0.05) is 6.08 Å². The molecule has 0 aliphatic carbocycles. The van der Waals surface area contributed by atoms with Gasteiger partial charge in [0.2, 0.25) is 0 Å². The number of benzene rings is 2. The summed E-state index contributed by atoms with van der Waals surface area (Å²) in [6.07, 6.45) is 2.63. The van der Waals surface area contributed by atoms with E-state index in [1.165, 1.54) is 6.08 Å². The molecule has 0 atom stereocenters. The first kappa shape index (κ1) is 14.7. The van der Waals surface area contributed by atoms with Gasteiger partial charge in [0.25, 0.3) is 0 Å². The van der Waals surface area contributed by atoms with Crippen LogP contribution in [0.15, 0.2) is 54.6 Å². The Bertz CT molecular complexity index is 629. The number of rotatable bonds is 6. The summed E-state index contributed by atoms with van der Waals surface area (Å²) in [5.74, 6) is 1.03. The third kappa shape index (κ3) is 4.38. The summed E-state index contributed by atoms with van der Waals surface area (Å²) in [6, 6.07) is 14.6. The van der Waals surface area contributed by atoms with Crippen LogP contribution in [0, 0.1) is 0 Å². The molecule has 0 saturated heterocycles. The number of para-hydroxylation sites is 2. The molecule has 0 amide bonds. The molecule has 0 unspecified atom stereocenters. The van der Waals surface area contributed by atoms with Crippen molar-refractivity contribution in [2.45, 2.75) is 6.92 Å². The summed E-state index contributed by atoms with van der Waals surface area (Å²) in [7, 11) is 0. The van der Waals surface area contributed by atoms with Gasteiger partial charge in [-0.2, -0.15) is 0 Å². The van der Waals surface area contributed by atoms with Crippen LogP contribution in [-0.4, -0.2) is 17.7 Å². The highest BCUT2D eigenvalue weighted by Gasteiger charge is 2.04. The Morgan fingerprint density at radius 2 is 1.76 bits per heavy atom. The van der Waals surface area contributed by atoms with Gasteiger partial charge >= 0.3 is 5.97 Å². The highest BCUT2D eigenvalue weighted by molar-refractivity contribution is 5.85. The van der Waals surface area contributed by atoms with Crippen molar-refractivity contribution in [1.82, 2.24) is 0 Å². The molecule has 2 aromatic carbocycles. The molecule has 1 N–H and O–H groups in total. The van der Waals surface area contributed by atoms with Gasteiger partial charge in [-0.05, 0) is 42.8 Å².